The van der Waals surface area contributed by atoms with Gasteiger partial charge < -0.3 is 0 Å². The van der Waals surface area contributed by atoms with E-state index in [1.807, 2.05) is 6.08 Å². The molecular weight excluding hydrogens is 256 g/mol. The molecule has 0 spiro atoms. The van der Waals surface area contributed by atoms with Crippen molar-refractivity contribution in [2.45, 2.75) is 65.2 Å². The molecule has 3 unspecified atom stereocenters. The van der Waals surface area contributed by atoms with Gasteiger partial charge in [-0.3, -0.25) is 4.79 Å². The summed E-state index contributed by atoms with van der Waals surface area (Å²) in [5, 5.41) is 0. The minimum atomic E-state index is 0.386. The lowest BCUT2D eigenvalue weighted by atomic mass is 9.52. The van der Waals surface area contributed by atoms with Crippen LogP contribution in [-0.4, -0.2) is 5.78 Å². The lowest BCUT2D eigenvalue weighted by molar-refractivity contribution is -0.115. The number of allylic oxidation sites excluding steroid dienone is 3. The van der Waals surface area contributed by atoms with Crippen molar-refractivity contribution in [3.63, 3.8) is 0 Å². The summed E-state index contributed by atoms with van der Waals surface area (Å²) in [7, 11) is 0. The maximum atomic E-state index is 11.7. The molecule has 3 saturated carbocycles. The third-order valence-electron chi connectivity index (χ3n) is 7.50. The number of carbonyl (C=O) groups is 1. The number of carbonyl (C=O) groups excluding carboxylic acids is 1. The van der Waals surface area contributed by atoms with Crippen molar-refractivity contribution in [1.29, 1.82) is 0 Å². The average Bonchev–Trinajstić information content (AvgIpc) is 2.83. The van der Waals surface area contributed by atoms with Gasteiger partial charge in [0.1, 0.15) is 0 Å². The lowest BCUT2D eigenvalue weighted by Crippen LogP contribution is -2.45. The fraction of sp³-hybridized carbons (Fsp3) is 0.750. The van der Waals surface area contributed by atoms with Crippen LogP contribution >= 0.6 is 0 Å². The van der Waals surface area contributed by atoms with E-state index in [1.54, 1.807) is 5.57 Å². The minimum absolute atomic E-state index is 0.386. The average molecular weight is 284 g/mol. The SMILES string of the molecule is CC=C1CCC2C3CCC4=CC(=O)CC[C@H]4C3CC[C@@]12C. The van der Waals surface area contributed by atoms with E-state index < -0.39 is 0 Å². The van der Waals surface area contributed by atoms with E-state index in [2.05, 4.69) is 19.9 Å². The summed E-state index contributed by atoms with van der Waals surface area (Å²) in [4.78, 5) is 11.7. The summed E-state index contributed by atoms with van der Waals surface area (Å²) in [5.41, 5.74) is 3.76. The van der Waals surface area contributed by atoms with Gasteiger partial charge in [-0.25, -0.2) is 0 Å². The summed E-state index contributed by atoms with van der Waals surface area (Å²) in [6, 6.07) is 0. The van der Waals surface area contributed by atoms with Crippen LogP contribution in [0, 0.1) is 29.1 Å². The first kappa shape index (κ1) is 13.8. The molecular formula is C20H28O. The minimum Gasteiger partial charge on any atom is -0.295 e. The van der Waals surface area contributed by atoms with E-state index in [9.17, 15) is 4.79 Å². The molecule has 3 fully saturated rings. The highest BCUT2D eigenvalue weighted by molar-refractivity contribution is 5.91. The van der Waals surface area contributed by atoms with E-state index in [1.165, 1.54) is 44.1 Å². The molecule has 0 aliphatic heterocycles. The van der Waals surface area contributed by atoms with Gasteiger partial charge in [-0.2, -0.15) is 0 Å². The fourth-order valence-corrected chi connectivity index (χ4v) is 6.50. The Morgan fingerprint density at radius 3 is 2.76 bits per heavy atom. The summed E-state index contributed by atoms with van der Waals surface area (Å²) in [6.45, 7) is 4.79. The first-order chi connectivity index (χ1) is 10.1. The smallest absolute Gasteiger partial charge is 0.155 e. The van der Waals surface area contributed by atoms with E-state index in [0.717, 1.165) is 36.5 Å². The number of hydrogen-bond donors (Lipinski definition) is 0. The van der Waals surface area contributed by atoms with Gasteiger partial charge in [0.2, 0.25) is 0 Å². The topological polar surface area (TPSA) is 17.1 Å². The first-order valence-electron chi connectivity index (χ1n) is 9.02. The molecule has 1 nitrogen and oxygen atoms in total. The van der Waals surface area contributed by atoms with Crippen molar-refractivity contribution in [3.8, 4) is 0 Å². The van der Waals surface area contributed by atoms with Crippen LogP contribution in [0.2, 0.25) is 0 Å². The van der Waals surface area contributed by atoms with E-state index >= 15 is 0 Å². The zero-order chi connectivity index (χ0) is 14.6. The van der Waals surface area contributed by atoms with Gasteiger partial charge >= 0.3 is 0 Å². The highest BCUT2D eigenvalue weighted by Gasteiger charge is 2.53. The zero-order valence-corrected chi connectivity index (χ0v) is 13.5. The van der Waals surface area contributed by atoms with Crippen molar-refractivity contribution in [3.05, 3.63) is 23.3 Å². The molecule has 114 valence electrons. The van der Waals surface area contributed by atoms with Crippen LogP contribution in [0.15, 0.2) is 23.3 Å². The fourth-order valence-electron chi connectivity index (χ4n) is 6.50. The molecule has 4 aliphatic rings. The highest BCUT2D eigenvalue weighted by Crippen LogP contribution is 2.63. The summed E-state index contributed by atoms with van der Waals surface area (Å²) in [5.74, 6) is 3.86. The van der Waals surface area contributed by atoms with E-state index in [4.69, 9.17) is 0 Å². The standard InChI is InChI=1S/C20H28O/c1-3-14-5-9-19-18-7-4-13-12-15(21)6-8-16(13)17(18)10-11-20(14,19)2/h3,12,16-19H,4-11H2,1-2H3/t16-,17?,18?,19?,20+/m1/s1. The van der Waals surface area contributed by atoms with Gasteiger partial charge in [-0.15, -0.1) is 0 Å². The maximum absolute atomic E-state index is 11.7. The third-order valence-corrected chi connectivity index (χ3v) is 7.50. The molecule has 5 atom stereocenters. The molecule has 0 saturated heterocycles. The van der Waals surface area contributed by atoms with Gasteiger partial charge in [0, 0.05) is 6.42 Å². The Labute approximate surface area is 128 Å². The van der Waals surface area contributed by atoms with Crippen LogP contribution < -0.4 is 0 Å². The van der Waals surface area contributed by atoms with Gasteiger partial charge in [-0.05, 0) is 87.0 Å². The van der Waals surface area contributed by atoms with Gasteiger partial charge in [0.05, 0.1) is 0 Å². The second-order valence-corrected chi connectivity index (χ2v) is 8.11. The normalized spacial score (nSPS) is 47.6. The van der Waals surface area contributed by atoms with Crippen LogP contribution in [0.4, 0.5) is 0 Å². The van der Waals surface area contributed by atoms with Crippen LogP contribution in [-0.2, 0) is 4.79 Å². The van der Waals surface area contributed by atoms with Crippen molar-refractivity contribution in [1.82, 2.24) is 0 Å². The molecule has 0 bridgehead atoms. The lowest BCUT2D eigenvalue weighted by Gasteiger charge is -2.53. The molecule has 0 aromatic rings. The molecule has 21 heavy (non-hydrogen) atoms. The Hall–Kier alpha value is -0.850. The van der Waals surface area contributed by atoms with E-state index in [0.29, 0.717) is 11.2 Å². The Balaban J connectivity index is 1.64. The van der Waals surface area contributed by atoms with E-state index in [-0.39, 0.29) is 0 Å². The Morgan fingerprint density at radius 2 is 1.95 bits per heavy atom. The molecule has 0 N–H and O–H groups in total. The molecule has 4 aliphatic carbocycles. The van der Waals surface area contributed by atoms with Gasteiger partial charge in [-0.1, -0.05) is 24.1 Å². The summed E-state index contributed by atoms with van der Waals surface area (Å²) >= 11 is 0. The van der Waals surface area contributed by atoms with Crippen LogP contribution in [0.1, 0.15) is 65.2 Å². The number of rotatable bonds is 0. The molecule has 0 aromatic carbocycles. The van der Waals surface area contributed by atoms with Crippen LogP contribution in [0.5, 0.6) is 0 Å². The first-order valence-corrected chi connectivity index (χ1v) is 9.02. The molecule has 1 heteroatoms. The van der Waals surface area contributed by atoms with Crippen molar-refractivity contribution in [2.24, 2.45) is 29.1 Å². The molecule has 0 radical (unpaired) electrons. The summed E-state index contributed by atoms with van der Waals surface area (Å²) < 4.78 is 0. The monoisotopic (exact) mass is 284 g/mol. The highest BCUT2D eigenvalue weighted by atomic mass is 16.1. The Kier molecular flexibility index (Phi) is 3.17. The predicted octanol–water partition coefficient (Wildman–Crippen LogP) is 5.07. The second kappa shape index (κ2) is 4.83. The van der Waals surface area contributed by atoms with Gasteiger partial charge in [0.25, 0.3) is 0 Å². The Morgan fingerprint density at radius 1 is 1.10 bits per heavy atom. The zero-order valence-electron chi connectivity index (χ0n) is 13.5. The molecule has 0 amide bonds. The quantitative estimate of drug-likeness (QED) is 0.567. The maximum Gasteiger partial charge on any atom is 0.155 e. The molecule has 0 heterocycles. The predicted molar refractivity (Wildman–Crippen MR) is 85.9 cm³/mol. The number of hydrogen-bond acceptors (Lipinski definition) is 1. The molecule has 4 rings (SSSR count). The van der Waals surface area contributed by atoms with Crippen molar-refractivity contribution < 1.29 is 4.79 Å². The third kappa shape index (κ3) is 1.92. The van der Waals surface area contributed by atoms with Gasteiger partial charge in [0.15, 0.2) is 5.78 Å². The number of ketones is 1. The van der Waals surface area contributed by atoms with Crippen LogP contribution in [0.3, 0.4) is 0 Å². The number of fused-ring (bicyclic) bond motifs is 5. The van der Waals surface area contributed by atoms with Crippen molar-refractivity contribution in [2.75, 3.05) is 0 Å². The van der Waals surface area contributed by atoms with Crippen molar-refractivity contribution >= 4 is 5.78 Å². The molecule has 0 aromatic heterocycles. The van der Waals surface area contributed by atoms with Crippen LogP contribution in [0.25, 0.3) is 0 Å². The second-order valence-electron chi connectivity index (χ2n) is 8.11. The Bertz CT molecular complexity index is 526. The largest absolute Gasteiger partial charge is 0.295 e. The summed E-state index contributed by atoms with van der Waals surface area (Å²) in [6.07, 6.45) is 14.5.